The summed E-state index contributed by atoms with van der Waals surface area (Å²) in [5, 5.41) is 3.20. The average molecular weight is 577 g/mol. The molecule has 1 saturated heterocycles. The lowest BCUT2D eigenvalue weighted by Gasteiger charge is -2.37. The molecule has 0 bridgehead atoms. The molecule has 2 aromatic carbocycles. The Morgan fingerprint density at radius 3 is 2.46 bits per heavy atom. The number of carbonyl (C=O) groups excluding carboxylic acids is 1. The van der Waals surface area contributed by atoms with Crippen LogP contribution in [-0.2, 0) is 11.2 Å². The quantitative estimate of drug-likeness (QED) is 0.272. The van der Waals surface area contributed by atoms with Crippen LogP contribution in [0.5, 0.6) is 5.75 Å². The molecule has 0 spiro atoms. The highest BCUT2D eigenvalue weighted by molar-refractivity contribution is 5.85. The van der Waals surface area contributed by atoms with Crippen LogP contribution in [0.15, 0.2) is 42.5 Å². The summed E-state index contributed by atoms with van der Waals surface area (Å²) in [6.45, 7) is 9.26. The van der Waals surface area contributed by atoms with E-state index in [1.165, 1.54) is 29.7 Å². The van der Waals surface area contributed by atoms with Crippen molar-refractivity contribution in [1.29, 1.82) is 0 Å². The van der Waals surface area contributed by atoms with E-state index in [9.17, 15) is 9.18 Å². The maximum atomic E-state index is 13.3. The van der Waals surface area contributed by atoms with Gasteiger partial charge in [-0.3, -0.25) is 9.69 Å². The van der Waals surface area contributed by atoms with Crippen molar-refractivity contribution in [2.45, 2.75) is 52.5 Å². The van der Waals surface area contributed by atoms with Crippen LogP contribution in [0.3, 0.4) is 0 Å². The van der Waals surface area contributed by atoms with Crippen molar-refractivity contribution < 1.29 is 13.9 Å². The van der Waals surface area contributed by atoms with Crippen LogP contribution in [0.1, 0.15) is 54.6 Å². The molecule has 3 aromatic rings. The molecule has 2 aliphatic rings. The summed E-state index contributed by atoms with van der Waals surface area (Å²) in [7, 11) is 0. The van der Waals surface area contributed by atoms with E-state index in [0.717, 1.165) is 61.7 Å². The van der Waals surface area contributed by atoms with Gasteiger partial charge in [0.2, 0.25) is 5.95 Å². The van der Waals surface area contributed by atoms with Crippen molar-refractivity contribution in [3.63, 3.8) is 0 Å². The molecule has 0 aliphatic carbocycles. The normalized spacial score (nSPS) is 16.9. The van der Waals surface area contributed by atoms with Crippen molar-refractivity contribution in [3.8, 4) is 5.75 Å². The lowest BCUT2D eigenvalue weighted by molar-refractivity contribution is -0.135. The summed E-state index contributed by atoms with van der Waals surface area (Å²) in [5.41, 5.74) is 5.05. The molecule has 1 fully saturated rings. The first kappa shape index (κ1) is 30.6. The number of aryl methyl sites for hydroxylation is 1. The van der Waals surface area contributed by atoms with Crippen molar-refractivity contribution in [2.24, 2.45) is 0 Å². The summed E-state index contributed by atoms with van der Waals surface area (Å²) in [4.78, 5) is 26.4. The second-order valence-electron chi connectivity index (χ2n) is 10.0. The Balaban J connectivity index is 0.00000210. The number of anilines is 3. The van der Waals surface area contributed by atoms with Crippen LogP contribution < -0.4 is 15.0 Å². The highest BCUT2D eigenvalue weighted by Gasteiger charge is 2.28. The monoisotopic (exact) mass is 575 g/mol. The molecule has 10 heteroatoms. The number of fused-ring (bicyclic) bond motifs is 1. The van der Waals surface area contributed by atoms with Crippen LogP contribution in [-0.4, -0.2) is 47.0 Å². The number of hydrogen-bond donors (Lipinski definition) is 1. The molecule has 210 valence electrons. The van der Waals surface area contributed by atoms with E-state index in [0.29, 0.717) is 18.2 Å². The zero-order chi connectivity index (χ0) is 25.9. The van der Waals surface area contributed by atoms with Crippen LogP contribution in [0, 0.1) is 19.7 Å². The lowest BCUT2D eigenvalue weighted by Crippen LogP contribution is -2.36. The number of piperidine rings is 1. The van der Waals surface area contributed by atoms with E-state index in [4.69, 9.17) is 9.72 Å². The van der Waals surface area contributed by atoms with Gasteiger partial charge in [0.05, 0.1) is 12.6 Å². The first-order valence-electron chi connectivity index (χ1n) is 13.1. The Morgan fingerprint density at radius 1 is 1.03 bits per heavy atom. The van der Waals surface area contributed by atoms with Gasteiger partial charge >= 0.3 is 5.97 Å². The third kappa shape index (κ3) is 7.18. The number of likely N-dealkylation sites (tertiary alicyclic amines) is 1. The van der Waals surface area contributed by atoms with Crippen LogP contribution in [0.4, 0.5) is 21.8 Å². The summed E-state index contributed by atoms with van der Waals surface area (Å²) < 4.78 is 19.0. The van der Waals surface area contributed by atoms with Crippen LogP contribution in [0.2, 0.25) is 0 Å². The molecule has 1 unspecified atom stereocenters. The number of carbonyl (C=O) groups is 1. The minimum absolute atomic E-state index is 0. The van der Waals surface area contributed by atoms with E-state index in [1.54, 1.807) is 12.1 Å². The molecule has 5 rings (SSSR count). The van der Waals surface area contributed by atoms with Crippen LogP contribution >= 0.6 is 24.8 Å². The second-order valence-corrected chi connectivity index (χ2v) is 10.0. The van der Waals surface area contributed by atoms with Gasteiger partial charge in [0.1, 0.15) is 17.4 Å². The predicted molar refractivity (Wildman–Crippen MR) is 158 cm³/mol. The van der Waals surface area contributed by atoms with Gasteiger partial charge in [0, 0.05) is 23.5 Å². The highest BCUT2D eigenvalue weighted by Crippen LogP contribution is 2.36. The number of halogens is 3. The highest BCUT2D eigenvalue weighted by atomic mass is 35.5. The first-order chi connectivity index (χ1) is 17.9. The molecule has 2 aliphatic heterocycles. The number of nitrogens with zero attached hydrogens (tertiary/aromatic N) is 4. The summed E-state index contributed by atoms with van der Waals surface area (Å²) in [5.74, 6) is 1.50. The largest absolute Gasteiger partial charge is 0.426 e. The molecule has 3 heterocycles. The standard InChI is InChI=1S/C29H34FN5O2.2ClH/c1-19-20(2)31-29(32-24-9-7-23(30)8-10-24)33-28(19)35-16-13-22-17-25(11-12-26(22)21(35)3)37-27(36)18-34-14-5-4-6-15-34;;/h7-12,17,21H,4-6,13-16,18H2,1-3H3,(H,31,32,33);2*1H. The van der Waals surface area contributed by atoms with Crippen LogP contribution in [0.25, 0.3) is 0 Å². The fourth-order valence-electron chi connectivity index (χ4n) is 5.24. The smallest absolute Gasteiger partial charge is 0.325 e. The fourth-order valence-corrected chi connectivity index (χ4v) is 5.24. The van der Waals surface area contributed by atoms with Gasteiger partial charge in [-0.25, -0.2) is 9.37 Å². The van der Waals surface area contributed by atoms with Gasteiger partial charge in [0.15, 0.2) is 0 Å². The van der Waals surface area contributed by atoms with E-state index in [1.807, 2.05) is 26.0 Å². The Morgan fingerprint density at radius 2 is 1.74 bits per heavy atom. The number of nitrogens with one attached hydrogen (secondary N) is 1. The average Bonchev–Trinajstić information content (AvgIpc) is 2.88. The first-order valence-corrected chi connectivity index (χ1v) is 13.1. The maximum Gasteiger partial charge on any atom is 0.325 e. The molecule has 1 N–H and O–H groups in total. The van der Waals surface area contributed by atoms with Crippen molar-refractivity contribution in [2.75, 3.05) is 36.4 Å². The van der Waals surface area contributed by atoms with Gasteiger partial charge < -0.3 is 15.0 Å². The summed E-state index contributed by atoms with van der Waals surface area (Å²) in [6, 6.07) is 12.2. The number of rotatable bonds is 6. The Kier molecular flexibility index (Phi) is 10.5. The molecule has 0 saturated carbocycles. The molecule has 1 atom stereocenters. The number of benzene rings is 2. The number of hydrogen-bond acceptors (Lipinski definition) is 7. The van der Waals surface area contributed by atoms with Gasteiger partial charge in [-0.05, 0) is 101 Å². The van der Waals surface area contributed by atoms with E-state index in [2.05, 4.69) is 33.1 Å². The molecular weight excluding hydrogens is 540 g/mol. The van der Waals surface area contributed by atoms with Crippen molar-refractivity contribution >= 4 is 48.2 Å². The zero-order valence-electron chi connectivity index (χ0n) is 22.6. The minimum Gasteiger partial charge on any atom is -0.426 e. The van der Waals surface area contributed by atoms with Gasteiger partial charge in [-0.1, -0.05) is 12.5 Å². The van der Waals surface area contributed by atoms with E-state index < -0.39 is 0 Å². The zero-order valence-corrected chi connectivity index (χ0v) is 24.2. The van der Waals surface area contributed by atoms with Gasteiger partial charge in [-0.2, -0.15) is 4.98 Å². The van der Waals surface area contributed by atoms with Crippen molar-refractivity contribution in [1.82, 2.24) is 14.9 Å². The molecule has 0 amide bonds. The summed E-state index contributed by atoms with van der Waals surface area (Å²) in [6.07, 6.45) is 4.36. The third-order valence-electron chi connectivity index (χ3n) is 7.42. The van der Waals surface area contributed by atoms with E-state index in [-0.39, 0.29) is 42.6 Å². The number of esters is 1. The SMILES string of the molecule is Cc1nc(Nc2ccc(F)cc2)nc(N2CCc3cc(OC(=O)CN4CCCCC4)ccc3C2C)c1C.Cl.Cl. The number of aromatic nitrogens is 2. The topological polar surface area (TPSA) is 70.6 Å². The Labute approximate surface area is 242 Å². The fraction of sp³-hybridized carbons (Fsp3) is 0.414. The molecule has 7 nitrogen and oxygen atoms in total. The van der Waals surface area contributed by atoms with Gasteiger partial charge in [-0.15, -0.1) is 24.8 Å². The molecular formula is C29H36Cl2FN5O2. The molecule has 0 radical (unpaired) electrons. The molecule has 39 heavy (non-hydrogen) atoms. The maximum absolute atomic E-state index is 13.3. The van der Waals surface area contributed by atoms with Gasteiger partial charge in [0.25, 0.3) is 0 Å². The molecule has 1 aromatic heterocycles. The second kappa shape index (κ2) is 13.4. The Hall–Kier alpha value is -2.94. The van der Waals surface area contributed by atoms with Crippen molar-refractivity contribution in [3.05, 3.63) is 70.7 Å². The minimum atomic E-state index is -0.284. The third-order valence-corrected chi connectivity index (χ3v) is 7.42. The summed E-state index contributed by atoms with van der Waals surface area (Å²) >= 11 is 0. The predicted octanol–water partition coefficient (Wildman–Crippen LogP) is 6.33. The van der Waals surface area contributed by atoms with E-state index >= 15 is 0 Å². The number of ether oxygens (including phenoxy) is 1. The Bertz CT molecular complexity index is 1290. The lowest BCUT2D eigenvalue weighted by atomic mass is 9.93.